The fourth-order valence-corrected chi connectivity index (χ4v) is 1.42. The Morgan fingerprint density at radius 2 is 1.75 bits per heavy atom. The number of carbonyl (C=O) groups excluding carboxylic acids is 2. The Kier molecular flexibility index (Phi) is 5.70. The Labute approximate surface area is 119 Å². The van der Waals surface area contributed by atoms with Gasteiger partial charge in [-0.05, 0) is 32.8 Å². The van der Waals surface area contributed by atoms with Crippen molar-refractivity contribution < 1.29 is 19.1 Å². The maximum atomic E-state index is 11.6. The smallest absolute Gasteiger partial charge is 0.326 e. The first-order valence-electron chi connectivity index (χ1n) is 6.44. The normalized spacial score (nSPS) is 12.6. The molecule has 0 saturated heterocycles. The van der Waals surface area contributed by atoms with E-state index in [1.54, 1.807) is 20.8 Å². The van der Waals surface area contributed by atoms with Gasteiger partial charge in [0.25, 0.3) is 0 Å². The second-order valence-electron chi connectivity index (χ2n) is 5.56. The van der Waals surface area contributed by atoms with E-state index in [9.17, 15) is 9.59 Å². The number of esters is 2. The molecule has 0 bridgehead atoms. The van der Waals surface area contributed by atoms with Crippen LogP contribution >= 0.6 is 0 Å². The minimum absolute atomic E-state index is 0.382. The van der Waals surface area contributed by atoms with Crippen LogP contribution in [0, 0.1) is 5.41 Å². The van der Waals surface area contributed by atoms with Gasteiger partial charge in [0.15, 0.2) is 0 Å². The molecular weight excluding hydrogens is 258 g/mol. The van der Waals surface area contributed by atoms with E-state index in [0.29, 0.717) is 6.42 Å². The molecule has 20 heavy (non-hydrogen) atoms. The molecule has 0 aromatic heterocycles. The fourth-order valence-electron chi connectivity index (χ4n) is 1.42. The second-order valence-corrected chi connectivity index (χ2v) is 5.56. The molecule has 0 aliphatic heterocycles. The SMILES string of the molecule is CC(C)(C)C(=O)OCOC(=O)[C@@H](N)Cc1ccccc1. The van der Waals surface area contributed by atoms with Crippen LogP contribution in [0.1, 0.15) is 26.3 Å². The lowest BCUT2D eigenvalue weighted by Gasteiger charge is -2.17. The molecule has 0 heterocycles. The van der Waals surface area contributed by atoms with Gasteiger partial charge in [0, 0.05) is 0 Å². The highest BCUT2D eigenvalue weighted by Gasteiger charge is 2.24. The van der Waals surface area contributed by atoms with E-state index < -0.39 is 30.2 Å². The van der Waals surface area contributed by atoms with E-state index in [1.165, 1.54) is 0 Å². The van der Waals surface area contributed by atoms with Gasteiger partial charge in [-0.15, -0.1) is 0 Å². The molecule has 0 aliphatic rings. The molecule has 0 fully saturated rings. The molecule has 1 atom stereocenters. The van der Waals surface area contributed by atoms with Crippen molar-refractivity contribution in [3.63, 3.8) is 0 Å². The van der Waals surface area contributed by atoms with Crippen LogP contribution in [-0.4, -0.2) is 24.8 Å². The summed E-state index contributed by atoms with van der Waals surface area (Å²) in [5.74, 6) is -1.02. The summed E-state index contributed by atoms with van der Waals surface area (Å²) in [7, 11) is 0. The van der Waals surface area contributed by atoms with Crippen LogP contribution < -0.4 is 5.73 Å². The second kappa shape index (κ2) is 7.05. The molecule has 1 aromatic carbocycles. The molecule has 0 spiro atoms. The average molecular weight is 279 g/mol. The molecule has 5 nitrogen and oxygen atoms in total. The van der Waals surface area contributed by atoms with Crippen molar-refractivity contribution in [1.82, 2.24) is 0 Å². The molecule has 0 unspecified atom stereocenters. The maximum absolute atomic E-state index is 11.6. The molecule has 110 valence electrons. The first-order chi connectivity index (χ1) is 9.30. The van der Waals surface area contributed by atoms with Gasteiger partial charge in [0.2, 0.25) is 6.79 Å². The third kappa shape index (κ3) is 5.40. The number of hydrogen-bond donors (Lipinski definition) is 1. The summed E-state index contributed by atoms with van der Waals surface area (Å²) < 4.78 is 9.67. The highest BCUT2D eigenvalue weighted by atomic mass is 16.7. The molecule has 0 amide bonds. The third-order valence-electron chi connectivity index (χ3n) is 2.60. The van der Waals surface area contributed by atoms with Crippen LogP contribution in [0.3, 0.4) is 0 Å². The summed E-state index contributed by atoms with van der Waals surface area (Å²) in [5, 5.41) is 0. The largest absolute Gasteiger partial charge is 0.427 e. The van der Waals surface area contributed by atoms with Gasteiger partial charge >= 0.3 is 11.9 Å². The predicted molar refractivity (Wildman–Crippen MR) is 74.6 cm³/mol. The topological polar surface area (TPSA) is 78.6 Å². The fraction of sp³-hybridized carbons (Fsp3) is 0.467. The lowest BCUT2D eigenvalue weighted by molar-refractivity contribution is -0.173. The lowest BCUT2D eigenvalue weighted by atomic mass is 9.98. The van der Waals surface area contributed by atoms with Crippen LogP contribution in [0.4, 0.5) is 0 Å². The van der Waals surface area contributed by atoms with E-state index in [-0.39, 0.29) is 0 Å². The zero-order valence-corrected chi connectivity index (χ0v) is 12.1. The standard InChI is InChI=1S/C15H21NO4/c1-15(2,3)14(18)20-10-19-13(17)12(16)9-11-7-5-4-6-8-11/h4-8,12H,9-10,16H2,1-3H3/t12-/m0/s1. The van der Waals surface area contributed by atoms with Gasteiger partial charge in [-0.2, -0.15) is 0 Å². The number of rotatable bonds is 5. The Morgan fingerprint density at radius 1 is 1.15 bits per heavy atom. The van der Waals surface area contributed by atoms with E-state index >= 15 is 0 Å². The number of carbonyl (C=O) groups is 2. The highest BCUT2D eigenvalue weighted by Crippen LogP contribution is 2.14. The predicted octanol–water partition coefficient (Wildman–Crippen LogP) is 1.65. The molecule has 5 heteroatoms. The number of hydrogen-bond acceptors (Lipinski definition) is 5. The van der Waals surface area contributed by atoms with E-state index in [1.807, 2.05) is 30.3 Å². The summed E-state index contributed by atoms with van der Waals surface area (Å²) in [6, 6.07) is 8.63. The van der Waals surface area contributed by atoms with Crippen LogP contribution in [-0.2, 0) is 25.5 Å². The molecule has 0 saturated carbocycles. The van der Waals surface area contributed by atoms with Crippen molar-refractivity contribution in [2.45, 2.75) is 33.2 Å². The first-order valence-corrected chi connectivity index (χ1v) is 6.44. The minimum atomic E-state index is -0.772. The summed E-state index contributed by atoms with van der Waals surface area (Å²) in [5.41, 5.74) is 6.06. The van der Waals surface area contributed by atoms with Crippen molar-refractivity contribution in [3.05, 3.63) is 35.9 Å². The first kappa shape index (κ1) is 16.2. The van der Waals surface area contributed by atoms with Crippen molar-refractivity contribution in [3.8, 4) is 0 Å². The van der Waals surface area contributed by atoms with Crippen molar-refractivity contribution in [2.24, 2.45) is 11.1 Å². The van der Waals surface area contributed by atoms with Gasteiger partial charge in [-0.1, -0.05) is 30.3 Å². The highest BCUT2D eigenvalue weighted by molar-refractivity contribution is 5.77. The van der Waals surface area contributed by atoms with Crippen LogP contribution in [0.25, 0.3) is 0 Å². The van der Waals surface area contributed by atoms with E-state index in [0.717, 1.165) is 5.56 Å². The summed E-state index contributed by atoms with van der Waals surface area (Å²) in [6.07, 6.45) is 0.382. The molecule has 1 aromatic rings. The van der Waals surface area contributed by atoms with Crippen LogP contribution in [0.2, 0.25) is 0 Å². The Morgan fingerprint density at radius 3 is 2.30 bits per heavy atom. The zero-order chi connectivity index (χ0) is 15.2. The molecule has 1 rings (SSSR count). The van der Waals surface area contributed by atoms with E-state index in [4.69, 9.17) is 15.2 Å². The third-order valence-corrected chi connectivity index (χ3v) is 2.60. The van der Waals surface area contributed by atoms with Gasteiger partial charge < -0.3 is 15.2 Å². The summed E-state index contributed by atoms with van der Waals surface area (Å²) in [6.45, 7) is 4.76. The lowest BCUT2D eigenvalue weighted by Crippen LogP contribution is -2.35. The van der Waals surface area contributed by atoms with Gasteiger partial charge in [-0.3, -0.25) is 9.59 Å². The quantitative estimate of drug-likeness (QED) is 0.655. The van der Waals surface area contributed by atoms with Crippen molar-refractivity contribution >= 4 is 11.9 Å². The Balaban J connectivity index is 2.34. The van der Waals surface area contributed by atoms with Gasteiger partial charge in [0.1, 0.15) is 6.04 Å². The Bertz CT molecular complexity index is 451. The Hall–Kier alpha value is -1.88. The number of nitrogens with two attached hydrogens (primary N) is 1. The summed E-state index contributed by atoms with van der Waals surface area (Å²) in [4.78, 5) is 23.1. The van der Waals surface area contributed by atoms with E-state index in [2.05, 4.69) is 0 Å². The molecule has 0 aliphatic carbocycles. The zero-order valence-electron chi connectivity index (χ0n) is 12.1. The monoisotopic (exact) mass is 279 g/mol. The molecule has 0 radical (unpaired) electrons. The number of ether oxygens (including phenoxy) is 2. The van der Waals surface area contributed by atoms with Gasteiger partial charge in [0.05, 0.1) is 5.41 Å². The molecule has 2 N–H and O–H groups in total. The minimum Gasteiger partial charge on any atom is -0.427 e. The summed E-state index contributed by atoms with van der Waals surface area (Å²) >= 11 is 0. The molecular formula is C15H21NO4. The number of benzene rings is 1. The maximum Gasteiger partial charge on any atom is 0.326 e. The van der Waals surface area contributed by atoms with Crippen LogP contribution in [0.5, 0.6) is 0 Å². The van der Waals surface area contributed by atoms with Crippen molar-refractivity contribution in [1.29, 1.82) is 0 Å². The van der Waals surface area contributed by atoms with Crippen LogP contribution in [0.15, 0.2) is 30.3 Å². The van der Waals surface area contributed by atoms with Crippen molar-refractivity contribution in [2.75, 3.05) is 6.79 Å². The van der Waals surface area contributed by atoms with Gasteiger partial charge in [-0.25, -0.2) is 0 Å². The average Bonchev–Trinajstić information content (AvgIpc) is 2.38.